The second-order valence-corrected chi connectivity index (χ2v) is 11.8. The van der Waals surface area contributed by atoms with Gasteiger partial charge in [-0.25, -0.2) is 9.78 Å². The van der Waals surface area contributed by atoms with Gasteiger partial charge in [-0.1, -0.05) is 35.3 Å². The molecule has 4 aromatic rings. The number of carbonyl (C=O) groups is 2. The zero-order valence-corrected chi connectivity index (χ0v) is 25.4. The third kappa shape index (κ3) is 6.63. The van der Waals surface area contributed by atoms with Gasteiger partial charge in [-0.15, -0.1) is 0 Å². The molecule has 3 aromatic heterocycles. The van der Waals surface area contributed by atoms with E-state index >= 15 is 0 Å². The second-order valence-electron chi connectivity index (χ2n) is 11.0. The molecule has 0 bridgehead atoms. The lowest BCUT2D eigenvalue weighted by Crippen LogP contribution is -2.35. The highest BCUT2D eigenvalue weighted by Gasteiger charge is 2.28. The Morgan fingerprint density at radius 2 is 1.77 bits per heavy atom. The molecule has 1 saturated heterocycles. The number of benzene rings is 1. The molecule has 0 radical (unpaired) electrons. The Kier molecular flexibility index (Phi) is 9.22. The van der Waals surface area contributed by atoms with Crippen LogP contribution < -0.4 is 10.7 Å². The topological polar surface area (TPSA) is 116 Å². The number of morpholine rings is 1. The van der Waals surface area contributed by atoms with Gasteiger partial charge in [-0.05, 0) is 55.5 Å². The van der Waals surface area contributed by atoms with Gasteiger partial charge in [0.2, 0.25) is 5.43 Å². The summed E-state index contributed by atoms with van der Waals surface area (Å²) >= 11 is 12.4. The van der Waals surface area contributed by atoms with Crippen molar-refractivity contribution in [2.24, 2.45) is 0 Å². The molecule has 6 rings (SSSR count). The second kappa shape index (κ2) is 13.4. The predicted molar refractivity (Wildman–Crippen MR) is 167 cm³/mol. The van der Waals surface area contributed by atoms with Crippen LogP contribution in [0.15, 0.2) is 66.0 Å². The Morgan fingerprint density at radius 1 is 1.02 bits per heavy atom. The maximum Gasteiger partial charge on any atom is 0.338 e. The van der Waals surface area contributed by atoms with Crippen molar-refractivity contribution in [3.8, 4) is 0 Å². The summed E-state index contributed by atoms with van der Waals surface area (Å²) in [5, 5.41) is 3.31. The third-order valence-corrected chi connectivity index (χ3v) is 8.68. The Labute approximate surface area is 263 Å². The summed E-state index contributed by atoms with van der Waals surface area (Å²) in [5.74, 6) is -0.969. The molecule has 2 fully saturated rings. The molecule has 4 heterocycles. The van der Waals surface area contributed by atoms with Crippen molar-refractivity contribution in [3.63, 3.8) is 0 Å². The number of aromatic nitrogens is 3. The van der Waals surface area contributed by atoms with Crippen molar-refractivity contribution in [3.05, 3.63) is 98.1 Å². The monoisotopic (exact) mass is 635 g/mol. The lowest BCUT2D eigenvalue weighted by atomic mass is 9.92. The van der Waals surface area contributed by atoms with Gasteiger partial charge in [0.1, 0.15) is 17.3 Å². The number of rotatable bonds is 7. The maximum atomic E-state index is 13.4. The highest BCUT2D eigenvalue weighted by atomic mass is 35.5. The molecule has 44 heavy (non-hydrogen) atoms. The molecule has 0 unspecified atom stereocenters. The number of esters is 1. The van der Waals surface area contributed by atoms with Crippen LogP contribution in [0.3, 0.4) is 0 Å². The van der Waals surface area contributed by atoms with E-state index < -0.39 is 11.3 Å². The number of halogens is 2. The molecule has 10 nitrogen and oxygen atoms in total. The summed E-state index contributed by atoms with van der Waals surface area (Å²) in [4.78, 5) is 50.4. The fourth-order valence-corrected chi connectivity index (χ4v) is 6.27. The smallest absolute Gasteiger partial charge is 0.338 e. The third-order valence-electron chi connectivity index (χ3n) is 8.11. The van der Waals surface area contributed by atoms with Crippen molar-refractivity contribution in [1.29, 1.82) is 0 Å². The summed E-state index contributed by atoms with van der Waals surface area (Å²) in [5.41, 5.74) is 1.78. The number of ether oxygens (including phenoxy) is 2. The molecule has 1 aromatic carbocycles. The van der Waals surface area contributed by atoms with Crippen LogP contribution in [-0.4, -0.2) is 63.7 Å². The molecule has 1 aliphatic heterocycles. The summed E-state index contributed by atoms with van der Waals surface area (Å²) in [6, 6.07) is 10.9. The van der Waals surface area contributed by atoms with Crippen molar-refractivity contribution in [1.82, 2.24) is 19.4 Å². The summed E-state index contributed by atoms with van der Waals surface area (Å²) < 4.78 is 13.2. The van der Waals surface area contributed by atoms with E-state index in [1.54, 1.807) is 30.6 Å². The van der Waals surface area contributed by atoms with E-state index in [1.165, 1.54) is 12.4 Å². The summed E-state index contributed by atoms with van der Waals surface area (Å²) in [7, 11) is 0. The van der Waals surface area contributed by atoms with E-state index in [1.807, 2.05) is 22.8 Å². The van der Waals surface area contributed by atoms with Crippen molar-refractivity contribution >= 4 is 51.8 Å². The fraction of sp³-hybridized carbons (Fsp3) is 0.344. The van der Waals surface area contributed by atoms with Crippen LogP contribution in [0.2, 0.25) is 10.0 Å². The normalized spacial score (nSPS) is 19.0. The van der Waals surface area contributed by atoms with Gasteiger partial charge >= 0.3 is 5.97 Å². The highest BCUT2D eigenvalue weighted by molar-refractivity contribution is 6.39. The van der Waals surface area contributed by atoms with Gasteiger partial charge in [0.05, 0.1) is 39.9 Å². The van der Waals surface area contributed by atoms with Crippen LogP contribution in [0.1, 0.15) is 58.0 Å². The number of nitrogens with one attached hydrogen (secondary N) is 1. The van der Waals surface area contributed by atoms with Crippen LogP contribution in [0.5, 0.6) is 0 Å². The zero-order chi connectivity index (χ0) is 30.6. The van der Waals surface area contributed by atoms with Crippen molar-refractivity contribution in [2.75, 3.05) is 31.6 Å². The van der Waals surface area contributed by atoms with Crippen molar-refractivity contribution in [2.45, 2.75) is 44.4 Å². The van der Waals surface area contributed by atoms with Gasteiger partial charge in [-0.2, -0.15) is 0 Å². The van der Waals surface area contributed by atoms with Crippen LogP contribution in [0.4, 0.5) is 5.69 Å². The Morgan fingerprint density at radius 3 is 2.52 bits per heavy atom. The van der Waals surface area contributed by atoms with Crippen LogP contribution in [-0.2, 0) is 16.0 Å². The first-order valence-corrected chi connectivity index (χ1v) is 15.3. The quantitative estimate of drug-likeness (QED) is 0.264. The lowest BCUT2D eigenvalue weighted by Gasteiger charge is -2.31. The Hall–Kier alpha value is -3.83. The van der Waals surface area contributed by atoms with E-state index in [9.17, 15) is 14.4 Å². The minimum atomic E-state index is -0.636. The Balaban J connectivity index is 1.15. The molecule has 228 valence electrons. The van der Waals surface area contributed by atoms with E-state index in [0.29, 0.717) is 42.3 Å². The summed E-state index contributed by atoms with van der Waals surface area (Å²) in [6.45, 7) is 3.95. The van der Waals surface area contributed by atoms with E-state index in [4.69, 9.17) is 32.7 Å². The number of amides is 1. The molecule has 1 saturated carbocycles. The number of carbonyl (C=O) groups excluding carboxylic acids is 2. The molecular weight excluding hydrogens is 605 g/mol. The number of hydrogen-bond donors (Lipinski definition) is 1. The molecular formula is C32H31Cl2N5O5. The van der Waals surface area contributed by atoms with Gasteiger partial charge in [0.15, 0.2) is 0 Å². The van der Waals surface area contributed by atoms with Crippen LogP contribution in [0, 0.1) is 0 Å². The lowest BCUT2D eigenvalue weighted by molar-refractivity contribution is 0.0172. The van der Waals surface area contributed by atoms with E-state index in [0.717, 1.165) is 38.4 Å². The molecule has 12 heteroatoms. The van der Waals surface area contributed by atoms with Crippen molar-refractivity contribution < 1.29 is 19.1 Å². The SMILES string of the molecule is O=C(OC1CCC(n2cc(C(=O)Nc3c(Cl)cncc3Cl)c(=O)c3cccnc32)CC1)c1cccc(CN2CCOCC2)c1. The zero-order valence-electron chi connectivity index (χ0n) is 23.9. The molecule has 1 amide bonds. The number of anilines is 1. The van der Waals surface area contributed by atoms with Gasteiger partial charge in [-0.3, -0.25) is 19.5 Å². The molecule has 1 N–H and O–H groups in total. The first-order chi connectivity index (χ1) is 21.4. The number of pyridine rings is 3. The Bertz CT molecular complexity index is 1730. The minimum absolute atomic E-state index is 0.0556. The van der Waals surface area contributed by atoms with E-state index in [-0.39, 0.29) is 39.4 Å². The molecule has 1 aliphatic carbocycles. The number of nitrogens with zero attached hydrogens (tertiary/aromatic N) is 4. The van der Waals surface area contributed by atoms with Crippen LogP contribution >= 0.6 is 23.2 Å². The van der Waals surface area contributed by atoms with Gasteiger partial charge in [0.25, 0.3) is 5.91 Å². The first kappa shape index (κ1) is 30.2. The molecule has 2 aliphatic rings. The largest absolute Gasteiger partial charge is 0.459 e. The summed E-state index contributed by atoms with van der Waals surface area (Å²) in [6.07, 6.45) is 8.26. The van der Waals surface area contributed by atoms with E-state index in [2.05, 4.69) is 20.2 Å². The highest BCUT2D eigenvalue weighted by Crippen LogP contribution is 2.33. The maximum absolute atomic E-state index is 13.4. The fourth-order valence-electron chi connectivity index (χ4n) is 5.81. The standard InChI is InChI=1S/C32H31Cl2N5O5/c33-26-16-35-17-27(34)28(26)37-31(41)25-19-39(30-24(29(25)40)5-2-10-36-30)22-6-8-23(9-7-22)44-32(42)21-4-1-3-20(15-21)18-38-11-13-43-14-12-38/h1-5,10,15-17,19,22-23H,6-9,11-14,18H2,(H,35,37,41). The van der Waals surface area contributed by atoms with Gasteiger partial charge in [0, 0.05) is 50.5 Å². The van der Waals surface area contributed by atoms with Gasteiger partial charge < -0.3 is 19.4 Å². The predicted octanol–water partition coefficient (Wildman–Crippen LogP) is 5.52. The molecule has 0 atom stereocenters. The first-order valence-electron chi connectivity index (χ1n) is 14.6. The minimum Gasteiger partial charge on any atom is -0.459 e. The number of fused-ring (bicyclic) bond motifs is 1. The average molecular weight is 637 g/mol. The average Bonchev–Trinajstić information content (AvgIpc) is 3.04. The number of hydrogen-bond acceptors (Lipinski definition) is 8. The van der Waals surface area contributed by atoms with Crippen LogP contribution in [0.25, 0.3) is 11.0 Å². The molecule has 0 spiro atoms.